The van der Waals surface area contributed by atoms with Gasteiger partial charge >= 0.3 is 0 Å². The highest BCUT2D eigenvalue weighted by molar-refractivity contribution is 6.30. The van der Waals surface area contributed by atoms with E-state index in [0.29, 0.717) is 10.9 Å². The Morgan fingerprint density at radius 3 is 2.42 bits per heavy atom. The van der Waals surface area contributed by atoms with Crippen molar-refractivity contribution < 1.29 is 4.39 Å². The van der Waals surface area contributed by atoms with Crippen LogP contribution in [0, 0.1) is 11.7 Å². The van der Waals surface area contributed by atoms with Crippen LogP contribution in [0.3, 0.4) is 0 Å². The van der Waals surface area contributed by atoms with Crippen molar-refractivity contribution in [2.24, 2.45) is 5.92 Å². The van der Waals surface area contributed by atoms with Crippen LogP contribution in [0.1, 0.15) is 58.1 Å². The highest BCUT2D eigenvalue weighted by Gasteiger charge is 2.18. The first kappa shape index (κ1) is 16.5. The average molecular weight is 286 g/mol. The molecule has 1 atom stereocenters. The highest BCUT2D eigenvalue weighted by Crippen LogP contribution is 2.28. The summed E-state index contributed by atoms with van der Waals surface area (Å²) in [7, 11) is 0. The van der Waals surface area contributed by atoms with Crippen molar-refractivity contribution in [2.75, 3.05) is 6.54 Å². The summed E-state index contributed by atoms with van der Waals surface area (Å²) in [5.74, 6) is 0.427. The number of benzene rings is 1. The number of hydrogen-bond acceptors (Lipinski definition) is 1. The molecule has 1 aromatic rings. The Labute approximate surface area is 121 Å². The molecule has 0 aliphatic heterocycles. The van der Waals surface area contributed by atoms with Crippen LogP contribution in [-0.2, 0) is 0 Å². The largest absolute Gasteiger partial charge is 0.310 e. The van der Waals surface area contributed by atoms with Gasteiger partial charge in [-0.05, 0) is 37.4 Å². The summed E-state index contributed by atoms with van der Waals surface area (Å²) in [4.78, 5) is 0. The smallest absolute Gasteiger partial charge is 0.129 e. The fraction of sp³-hybridized carbons (Fsp3) is 0.625. The van der Waals surface area contributed by atoms with Crippen LogP contribution in [0.15, 0.2) is 18.2 Å². The fourth-order valence-electron chi connectivity index (χ4n) is 2.38. The van der Waals surface area contributed by atoms with Gasteiger partial charge in [-0.1, -0.05) is 51.3 Å². The lowest BCUT2D eigenvalue weighted by Crippen LogP contribution is -2.25. The van der Waals surface area contributed by atoms with Crippen LogP contribution < -0.4 is 5.32 Å². The van der Waals surface area contributed by atoms with Crippen molar-refractivity contribution in [2.45, 2.75) is 52.5 Å². The van der Waals surface area contributed by atoms with E-state index in [0.717, 1.165) is 37.8 Å². The van der Waals surface area contributed by atoms with Gasteiger partial charge in [-0.2, -0.15) is 0 Å². The van der Waals surface area contributed by atoms with E-state index in [9.17, 15) is 4.39 Å². The molecule has 108 valence electrons. The first-order chi connectivity index (χ1) is 9.12. The van der Waals surface area contributed by atoms with E-state index in [1.165, 1.54) is 6.07 Å². The molecule has 0 bridgehead atoms. The summed E-state index contributed by atoms with van der Waals surface area (Å²) in [6.45, 7) is 7.43. The molecule has 0 amide bonds. The molecule has 0 heterocycles. The van der Waals surface area contributed by atoms with Crippen molar-refractivity contribution in [1.29, 1.82) is 0 Å². The molecule has 1 unspecified atom stereocenters. The first-order valence-electron chi connectivity index (χ1n) is 7.30. The highest BCUT2D eigenvalue weighted by atomic mass is 35.5. The number of hydrogen-bond donors (Lipinski definition) is 1. The molecule has 1 N–H and O–H groups in total. The molecule has 0 spiro atoms. The Balaban J connectivity index is 2.88. The Hall–Kier alpha value is -0.600. The minimum Gasteiger partial charge on any atom is -0.310 e. The molecule has 0 aromatic heterocycles. The average Bonchev–Trinajstić information content (AvgIpc) is 2.40. The Kier molecular flexibility index (Phi) is 7.40. The zero-order valence-corrected chi connectivity index (χ0v) is 12.9. The lowest BCUT2D eigenvalue weighted by atomic mass is 9.91. The van der Waals surface area contributed by atoms with Gasteiger partial charge in [0.2, 0.25) is 0 Å². The molecule has 1 rings (SSSR count). The second-order valence-corrected chi connectivity index (χ2v) is 5.53. The summed E-state index contributed by atoms with van der Waals surface area (Å²) >= 11 is 5.83. The quantitative estimate of drug-likeness (QED) is 0.679. The number of nitrogens with one attached hydrogen (secondary N) is 1. The van der Waals surface area contributed by atoms with Gasteiger partial charge in [0.15, 0.2) is 0 Å². The van der Waals surface area contributed by atoms with Crippen molar-refractivity contribution in [1.82, 2.24) is 5.32 Å². The zero-order chi connectivity index (χ0) is 14.3. The molecule has 0 aliphatic rings. The molecule has 0 saturated carbocycles. The summed E-state index contributed by atoms with van der Waals surface area (Å²) in [6.07, 6.45) is 4.30. The van der Waals surface area contributed by atoms with Crippen molar-refractivity contribution in [3.05, 3.63) is 34.6 Å². The predicted molar refractivity (Wildman–Crippen MR) is 81.1 cm³/mol. The second-order valence-electron chi connectivity index (χ2n) is 5.09. The molecule has 19 heavy (non-hydrogen) atoms. The summed E-state index contributed by atoms with van der Waals surface area (Å²) < 4.78 is 14.1. The van der Waals surface area contributed by atoms with Crippen LogP contribution in [0.5, 0.6) is 0 Å². The summed E-state index contributed by atoms with van der Waals surface area (Å²) in [5, 5.41) is 3.92. The molecule has 0 radical (unpaired) electrons. The maximum absolute atomic E-state index is 14.1. The maximum Gasteiger partial charge on any atom is 0.129 e. The van der Waals surface area contributed by atoms with Gasteiger partial charge in [-0.25, -0.2) is 4.39 Å². The SMILES string of the molecule is CCCNC(CC(CC)CC)c1ccc(Cl)cc1F. The third kappa shape index (κ3) is 5.12. The van der Waals surface area contributed by atoms with E-state index < -0.39 is 0 Å². The molecule has 3 heteroatoms. The summed E-state index contributed by atoms with van der Waals surface area (Å²) in [6, 6.07) is 5.08. The van der Waals surface area contributed by atoms with E-state index in [2.05, 4.69) is 26.1 Å². The predicted octanol–water partition coefficient (Wildman–Crippen LogP) is 5.35. The van der Waals surface area contributed by atoms with Gasteiger partial charge in [0.25, 0.3) is 0 Å². The summed E-state index contributed by atoms with van der Waals surface area (Å²) in [5.41, 5.74) is 0.741. The number of rotatable bonds is 8. The van der Waals surface area contributed by atoms with Gasteiger partial charge in [-0.3, -0.25) is 0 Å². The van der Waals surface area contributed by atoms with Gasteiger partial charge < -0.3 is 5.32 Å². The van der Waals surface area contributed by atoms with E-state index in [1.54, 1.807) is 6.07 Å². The molecule has 1 aromatic carbocycles. The van der Waals surface area contributed by atoms with Gasteiger partial charge in [-0.15, -0.1) is 0 Å². The van der Waals surface area contributed by atoms with Crippen molar-refractivity contribution in [3.8, 4) is 0 Å². The molecule has 0 saturated heterocycles. The zero-order valence-electron chi connectivity index (χ0n) is 12.2. The van der Waals surface area contributed by atoms with E-state index >= 15 is 0 Å². The topological polar surface area (TPSA) is 12.0 Å². The van der Waals surface area contributed by atoms with Crippen LogP contribution >= 0.6 is 11.6 Å². The third-order valence-corrected chi connectivity index (χ3v) is 3.94. The molecule has 0 fully saturated rings. The Morgan fingerprint density at radius 1 is 1.21 bits per heavy atom. The standard InChI is InChI=1S/C16H25ClFN/c1-4-9-19-16(10-12(5-2)6-3)14-8-7-13(17)11-15(14)18/h7-8,11-12,16,19H,4-6,9-10H2,1-3H3. The normalized spacial score (nSPS) is 12.9. The van der Waals surface area contributed by atoms with E-state index in [1.807, 2.05) is 6.07 Å². The second kappa shape index (κ2) is 8.55. The molecule has 0 aliphatic carbocycles. The van der Waals surface area contributed by atoms with Crippen LogP contribution in [0.2, 0.25) is 5.02 Å². The molecular formula is C16H25ClFN. The van der Waals surface area contributed by atoms with Crippen LogP contribution in [-0.4, -0.2) is 6.54 Å². The van der Waals surface area contributed by atoms with Gasteiger partial charge in [0.05, 0.1) is 0 Å². The van der Waals surface area contributed by atoms with Crippen LogP contribution in [0.25, 0.3) is 0 Å². The lowest BCUT2D eigenvalue weighted by molar-refractivity contribution is 0.364. The van der Waals surface area contributed by atoms with Gasteiger partial charge in [0.1, 0.15) is 5.82 Å². The monoisotopic (exact) mass is 285 g/mol. The number of halogens is 2. The molecular weight excluding hydrogens is 261 g/mol. The van der Waals surface area contributed by atoms with Crippen LogP contribution in [0.4, 0.5) is 4.39 Å². The van der Waals surface area contributed by atoms with Crippen molar-refractivity contribution in [3.63, 3.8) is 0 Å². The molecule has 1 nitrogen and oxygen atoms in total. The third-order valence-electron chi connectivity index (χ3n) is 3.70. The van der Waals surface area contributed by atoms with Gasteiger partial charge in [0, 0.05) is 16.6 Å². The van der Waals surface area contributed by atoms with E-state index in [4.69, 9.17) is 11.6 Å². The maximum atomic E-state index is 14.1. The lowest BCUT2D eigenvalue weighted by Gasteiger charge is -2.24. The first-order valence-corrected chi connectivity index (χ1v) is 7.68. The van der Waals surface area contributed by atoms with E-state index in [-0.39, 0.29) is 11.9 Å². The minimum absolute atomic E-state index is 0.0853. The fourth-order valence-corrected chi connectivity index (χ4v) is 2.54. The minimum atomic E-state index is -0.202. The Morgan fingerprint density at radius 2 is 1.89 bits per heavy atom. The Bertz CT molecular complexity index is 377. The van der Waals surface area contributed by atoms with Crippen molar-refractivity contribution >= 4 is 11.6 Å².